The van der Waals surface area contributed by atoms with Crippen molar-refractivity contribution in [2.24, 2.45) is 0 Å². The molecule has 0 bridgehead atoms. The maximum Gasteiger partial charge on any atom is 0.306 e. The van der Waals surface area contributed by atoms with Crippen LogP contribution in [0, 0.1) is 10.1 Å². The van der Waals surface area contributed by atoms with Gasteiger partial charge in [0.15, 0.2) is 0 Å². The molecule has 2 N–H and O–H groups in total. The molecule has 0 heterocycles. The molecule has 1 atom stereocenters. The summed E-state index contributed by atoms with van der Waals surface area (Å²) in [5.74, 6) is -1.19. The number of hydrogen-bond acceptors (Lipinski definition) is 4. The Bertz CT molecular complexity index is 434. The zero-order valence-corrected chi connectivity index (χ0v) is 8.72. The number of aliphatic hydroxyl groups is 1. The SMILES string of the molecule is O=C(O)C[C@@H](O)c1ccc(Cl)c([N+](=O)[O-])c1. The lowest BCUT2D eigenvalue weighted by atomic mass is 10.1. The van der Waals surface area contributed by atoms with Crippen LogP contribution >= 0.6 is 11.6 Å². The highest BCUT2D eigenvalue weighted by Gasteiger charge is 2.18. The van der Waals surface area contributed by atoms with Crippen molar-refractivity contribution in [1.29, 1.82) is 0 Å². The lowest BCUT2D eigenvalue weighted by Crippen LogP contribution is -2.05. The molecule has 0 amide bonds. The number of hydrogen-bond donors (Lipinski definition) is 2. The first kappa shape index (κ1) is 12.4. The number of nitro benzene ring substituents is 1. The molecule has 6 nitrogen and oxygen atoms in total. The van der Waals surface area contributed by atoms with Crippen LogP contribution in [0.2, 0.25) is 5.02 Å². The molecule has 0 radical (unpaired) electrons. The van der Waals surface area contributed by atoms with E-state index in [-0.39, 0.29) is 16.3 Å². The molecule has 1 aromatic carbocycles. The summed E-state index contributed by atoms with van der Waals surface area (Å²) in [5, 5.41) is 28.4. The summed E-state index contributed by atoms with van der Waals surface area (Å²) < 4.78 is 0. The summed E-state index contributed by atoms with van der Waals surface area (Å²) >= 11 is 5.56. The Balaban J connectivity index is 3.02. The maximum atomic E-state index is 10.5. The van der Waals surface area contributed by atoms with E-state index >= 15 is 0 Å². The number of carboxylic acids is 1. The molecule has 0 unspecified atom stereocenters. The third-order valence-electron chi connectivity index (χ3n) is 1.92. The number of carboxylic acid groups (broad SMARTS) is 1. The topological polar surface area (TPSA) is 101 Å². The van der Waals surface area contributed by atoms with Crippen molar-refractivity contribution < 1.29 is 19.9 Å². The van der Waals surface area contributed by atoms with Gasteiger partial charge in [0.2, 0.25) is 0 Å². The van der Waals surface area contributed by atoms with Crippen LogP contribution in [0.15, 0.2) is 18.2 Å². The average molecular weight is 246 g/mol. The lowest BCUT2D eigenvalue weighted by molar-refractivity contribution is -0.384. The Morgan fingerprint density at radius 2 is 2.19 bits per heavy atom. The molecular formula is C9H8ClNO5. The third kappa shape index (κ3) is 2.91. The molecular weight excluding hydrogens is 238 g/mol. The minimum atomic E-state index is -1.28. The van der Waals surface area contributed by atoms with Crippen molar-refractivity contribution in [3.05, 3.63) is 38.9 Å². The molecule has 0 aliphatic carbocycles. The number of aliphatic hydroxyl groups excluding tert-OH is 1. The van der Waals surface area contributed by atoms with Gasteiger partial charge in [-0.3, -0.25) is 14.9 Å². The van der Waals surface area contributed by atoms with Crippen molar-refractivity contribution in [1.82, 2.24) is 0 Å². The fraction of sp³-hybridized carbons (Fsp3) is 0.222. The largest absolute Gasteiger partial charge is 0.481 e. The predicted octanol–water partition coefficient (Wildman–Crippen LogP) is 1.76. The Morgan fingerprint density at radius 1 is 1.56 bits per heavy atom. The van der Waals surface area contributed by atoms with E-state index in [0.29, 0.717) is 0 Å². The van der Waals surface area contributed by atoms with Crippen LogP contribution in [-0.4, -0.2) is 21.1 Å². The predicted molar refractivity (Wildman–Crippen MR) is 55.3 cm³/mol. The van der Waals surface area contributed by atoms with Gasteiger partial charge in [-0.1, -0.05) is 17.7 Å². The second-order valence-corrected chi connectivity index (χ2v) is 3.49. The van der Waals surface area contributed by atoms with Crippen molar-refractivity contribution in [3.63, 3.8) is 0 Å². The molecule has 0 aliphatic rings. The molecule has 0 spiro atoms. The summed E-state index contributed by atoms with van der Waals surface area (Å²) in [6, 6.07) is 3.67. The van der Waals surface area contributed by atoms with Gasteiger partial charge in [0, 0.05) is 6.07 Å². The van der Waals surface area contributed by atoms with Crippen LogP contribution in [0.5, 0.6) is 0 Å². The van der Waals surface area contributed by atoms with Gasteiger partial charge in [-0.05, 0) is 11.6 Å². The fourth-order valence-corrected chi connectivity index (χ4v) is 1.35. The van der Waals surface area contributed by atoms with Crippen molar-refractivity contribution in [2.75, 3.05) is 0 Å². The Kier molecular flexibility index (Phi) is 3.81. The zero-order valence-electron chi connectivity index (χ0n) is 7.96. The fourth-order valence-electron chi connectivity index (χ4n) is 1.16. The maximum absolute atomic E-state index is 10.5. The molecule has 0 fully saturated rings. The van der Waals surface area contributed by atoms with Crippen LogP contribution in [0.3, 0.4) is 0 Å². The molecule has 0 saturated carbocycles. The summed E-state index contributed by atoms with van der Waals surface area (Å²) in [6.07, 6.45) is -1.80. The number of nitrogens with zero attached hydrogens (tertiary/aromatic N) is 1. The van der Waals surface area contributed by atoms with Gasteiger partial charge < -0.3 is 10.2 Å². The Labute approximate surface area is 95.2 Å². The van der Waals surface area contributed by atoms with Gasteiger partial charge >= 0.3 is 5.97 Å². The first-order valence-corrected chi connectivity index (χ1v) is 4.63. The molecule has 1 rings (SSSR count). The van der Waals surface area contributed by atoms with Crippen molar-refractivity contribution >= 4 is 23.3 Å². The van der Waals surface area contributed by atoms with E-state index < -0.39 is 23.4 Å². The van der Waals surface area contributed by atoms with Crippen LogP contribution < -0.4 is 0 Å². The second kappa shape index (κ2) is 4.91. The van der Waals surface area contributed by atoms with Gasteiger partial charge in [-0.2, -0.15) is 0 Å². The molecule has 7 heteroatoms. The van der Waals surface area contributed by atoms with E-state index in [4.69, 9.17) is 16.7 Å². The number of benzene rings is 1. The Morgan fingerprint density at radius 3 is 2.69 bits per heavy atom. The highest BCUT2D eigenvalue weighted by atomic mass is 35.5. The highest BCUT2D eigenvalue weighted by molar-refractivity contribution is 6.32. The summed E-state index contributed by atoms with van der Waals surface area (Å²) in [5.41, 5.74) is -0.206. The molecule has 1 aromatic rings. The van der Waals surface area contributed by atoms with Crippen LogP contribution in [-0.2, 0) is 4.79 Å². The van der Waals surface area contributed by atoms with E-state index in [1.165, 1.54) is 12.1 Å². The number of carbonyl (C=O) groups is 1. The van der Waals surface area contributed by atoms with E-state index in [9.17, 15) is 20.0 Å². The van der Waals surface area contributed by atoms with Crippen LogP contribution in [0.1, 0.15) is 18.1 Å². The van der Waals surface area contributed by atoms with Gasteiger partial charge in [0.05, 0.1) is 17.4 Å². The summed E-state index contributed by atoms with van der Waals surface area (Å²) in [4.78, 5) is 20.2. The number of nitro groups is 1. The number of aliphatic carboxylic acids is 1. The monoisotopic (exact) mass is 245 g/mol. The smallest absolute Gasteiger partial charge is 0.306 e. The van der Waals surface area contributed by atoms with Gasteiger partial charge in [-0.15, -0.1) is 0 Å². The van der Waals surface area contributed by atoms with Crippen molar-refractivity contribution in [3.8, 4) is 0 Å². The standard InChI is InChI=1S/C9H8ClNO5/c10-6-2-1-5(3-7(6)11(15)16)8(12)4-9(13)14/h1-3,8,12H,4H2,(H,13,14)/t8-/m1/s1. The minimum absolute atomic E-state index is 0.0590. The highest BCUT2D eigenvalue weighted by Crippen LogP contribution is 2.28. The first-order valence-electron chi connectivity index (χ1n) is 4.25. The number of rotatable bonds is 4. The molecule has 16 heavy (non-hydrogen) atoms. The average Bonchev–Trinajstić information content (AvgIpc) is 2.16. The molecule has 0 aromatic heterocycles. The first-order chi connectivity index (χ1) is 7.41. The van der Waals surface area contributed by atoms with E-state index in [1.54, 1.807) is 0 Å². The minimum Gasteiger partial charge on any atom is -0.481 e. The van der Waals surface area contributed by atoms with E-state index in [0.717, 1.165) is 6.07 Å². The van der Waals surface area contributed by atoms with E-state index in [2.05, 4.69) is 0 Å². The van der Waals surface area contributed by atoms with Crippen molar-refractivity contribution in [2.45, 2.75) is 12.5 Å². The van der Waals surface area contributed by atoms with Gasteiger partial charge in [0.25, 0.3) is 5.69 Å². The third-order valence-corrected chi connectivity index (χ3v) is 2.24. The quantitative estimate of drug-likeness (QED) is 0.622. The summed E-state index contributed by atoms with van der Waals surface area (Å²) in [6.45, 7) is 0. The molecule has 86 valence electrons. The Hall–Kier alpha value is -1.66. The lowest BCUT2D eigenvalue weighted by Gasteiger charge is -2.08. The van der Waals surface area contributed by atoms with Gasteiger partial charge in [0.1, 0.15) is 5.02 Å². The normalized spacial score (nSPS) is 12.1. The van der Waals surface area contributed by atoms with Gasteiger partial charge in [-0.25, -0.2) is 0 Å². The molecule has 0 aliphatic heterocycles. The second-order valence-electron chi connectivity index (χ2n) is 3.08. The summed E-state index contributed by atoms with van der Waals surface area (Å²) in [7, 11) is 0. The molecule has 0 saturated heterocycles. The van der Waals surface area contributed by atoms with Crippen LogP contribution in [0.25, 0.3) is 0 Å². The zero-order chi connectivity index (χ0) is 12.3. The van der Waals surface area contributed by atoms with Crippen LogP contribution in [0.4, 0.5) is 5.69 Å². The number of halogens is 1. The van der Waals surface area contributed by atoms with E-state index in [1.807, 2.05) is 0 Å².